The lowest BCUT2D eigenvalue weighted by Gasteiger charge is -2.11. The second-order valence-electron chi connectivity index (χ2n) is 6.70. The van der Waals surface area contributed by atoms with Crippen LogP contribution in [0.1, 0.15) is 18.1 Å². The van der Waals surface area contributed by atoms with E-state index in [2.05, 4.69) is 10.1 Å². The Morgan fingerprint density at radius 3 is 2.56 bits per heavy atom. The molecule has 6 nitrogen and oxygen atoms in total. The van der Waals surface area contributed by atoms with Gasteiger partial charge in [0.1, 0.15) is 0 Å². The molecule has 1 aromatic heterocycles. The number of hydrogen-bond acceptors (Lipinski definition) is 4. The van der Waals surface area contributed by atoms with Crippen molar-refractivity contribution in [2.45, 2.75) is 20.1 Å². The van der Waals surface area contributed by atoms with Crippen molar-refractivity contribution in [3.63, 3.8) is 0 Å². The van der Waals surface area contributed by atoms with Crippen LogP contribution in [0.3, 0.4) is 0 Å². The lowest BCUT2D eigenvalue weighted by atomic mass is 10.1. The molecule has 8 heteroatoms. The molecular weight excluding hydrogens is 418 g/mol. The summed E-state index contributed by atoms with van der Waals surface area (Å²) in [5, 5.41) is 2.74. The molecule has 1 N–H and O–H groups in total. The van der Waals surface area contributed by atoms with E-state index in [4.69, 9.17) is 4.74 Å². The molecule has 0 unspecified atom stereocenters. The fourth-order valence-electron chi connectivity index (χ4n) is 2.93. The second-order valence-corrected chi connectivity index (χ2v) is 6.70. The zero-order valence-corrected chi connectivity index (χ0v) is 17.3. The molecule has 1 amide bonds. The average Bonchev–Trinajstić information content (AvgIpc) is 2.77. The summed E-state index contributed by atoms with van der Waals surface area (Å²) in [6, 6.07) is 16.6. The van der Waals surface area contributed by atoms with E-state index in [9.17, 15) is 18.4 Å². The van der Waals surface area contributed by atoms with E-state index >= 15 is 0 Å². The lowest BCUT2D eigenvalue weighted by molar-refractivity contribution is -0.111. The number of amides is 1. The number of carbonyl (C=O) groups is 1. The summed E-state index contributed by atoms with van der Waals surface area (Å²) < 4.78 is 36.3. The van der Waals surface area contributed by atoms with Gasteiger partial charge in [-0.3, -0.25) is 9.59 Å². The van der Waals surface area contributed by atoms with Crippen LogP contribution in [-0.2, 0) is 11.3 Å². The van der Waals surface area contributed by atoms with Gasteiger partial charge in [-0.2, -0.15) is 8.78 Å². The highest BCUT2D eigenvalue weighted by atomic mass is 19.3. The van der Waals surface area contributed by atoms with Gasteiger partial charge in [-0.15, -0.1) is 0 Å². The maximum absolute atomic E-state index is 12.5. The SMILES string of the molecule is CCOc1cc(C=CC(=O)Nc2ccc(Cn3ccccc3=O)cc2)ccc1OC(F)F. The number of benzene rings is 2. The minimum Gasteiger partial charge on any atom is -0.490 e. The monoisotopic (exact) mass is 440 g/mol. The number of hydrogen-bond donors (Lipinski definition) is 1. The summed E-state index contributed by atoms with van der Waals surface area (Å²) in [5.41, 5.74) is 2.02. The van der Waals surface area contributed by atoms with Crippen LogP contribution in [0, 0.1) is 0 Å². The van der Waals surface area contributed by atoms with Crippen molar-refractivity contribution >= 4 is 17.7 Å². The van der Waals surface area contributed by atoms with Crippen molar-refractivity contribution in [2.24, 2.45) is 0 Å². The van der Waals surface area contributed by atoms with E-state index in [1.807, 2.05) is 12.1 Å². The normalized spacial score (nSPS) is 11.0. The Morgan fingerprint density at radius 2 is 1.88 bits per heavy atom. The van der Waals surface area contributed by atoms with Gasteiger partial charge in [-0.1, -0.05) is 24.3 Å². The Kier molecular flexibility index (Phi) is 7.75. The molecule has 0 aliphatic rings. The van der Waals surface area contributed by atoms with Crippen molar-refractivity contribution in [1.82, 2.24) is 4.57 Å². The zero-order chi connectivity index (χ0) is 22.9. The first-order valence-corrected chi connectivity index (χ1v) is 9.89. The summed E-state index contributed by atoms with van der Waals surface area (Å²) in [6.07, 6.45) is 4.59. The molecule has 0 fully saturated rings. The topological polar surface area (TPSA) is 69.6 Å². The third-order valence-electron chi connectivity index (χ3n) is 4.38. The number of carbonyl (C=O) groups excluding carboxylic acids is 1. The molecule has 0 radical (unpaired) electrons. The first kappa shape index (κ1) is 22.7. The number of aromatic nitrogens is 1. The van der Waals surface area contributed by atoms with Crippen LogP contribution >= 0.6 is 0 Å². The molecule has 0 atom stereocenters. The van der Waals surface area contributed by atoms with Gasteiger partial charge in [0.25, 0.3) is 5.56 Å². The fourth-order valence-corrected chi connectivity index (χ4v) is 2.93. The van der Waals surface area contributed by atoms with Gasteiger partial charge in [-0.25, -0.2) is 0 Å². The smallest absolute Gasteiger partial charge is 0.387 e. The summed E-state index contributed by atoms with van der Waals surface area (Å²) in [7, 11) is 0. The Labute approximate surface area is 183 Å². The van der Waals surface area contributed by atoms with Gasteiger partial charge >= 0.3 is 6.61 Å². The van der Waals surface area contributed by atoms with E-state index in [1.54, 1.807) is 54.1 Å². The number of halogens is 2. The van der Waals surface area contributed by atoms with Gasteiger partial charge in [0.15, 0.2) is 11.5 Å². The van der Waals surface area contributed by atoms with Crippen molar-refractivity contribution in [3.05, 3.63) is 94.4 Å². The Hall–Kier alpha value is -3.94. The Balaban J connectivity index is 1.62. The number of nitrogens with one attached hydrogen (secondary N) is 1. The van der Waals surface area contributed by atoms with Gasteiger partial charge < -0.3 is 19.4 Å². The molecule has 0 saturated carbocycles. The lowest BCUT2D eigenvalue weighted by Crippen LogP contribution is -2.18. The third-order valence-corrected chi connectivity index (χ3v) is 4.38. The van der Waals surface area contributed by atoms with Crippen molar-refractivity contribution < 1.29 is 23.0 Å². The molecule has 0 bridgehead atoms. The van der Waals surface area contributed by atoms with Crippen molar-refractivity contribution in [3.8, 4) is 11.5 Å². The molecule has 32 heavy (non-hydrogen) atoms. The van der Waals surface area contributed by atoms with Crippen LogP contribution in [0.2, 0.25) is 0 Å². The number of nitrogens with zero attached hydrogens (tertiary/aromatic N) is 1. The molecular formula is C24H22F2N2O4. The second kappa shape index (κ2) is 10.9. The Morgan fingerprint density at radius 1 is 1.09 bits per heavy atom. The summed E-state index contributed by atoms with van der Waals surface area (Å²) in [4.78, 5) is 24.0. The largest absolute Gasteiger partial charge is 0.490 e. The number of anilines is 1. The van der Waals surface area contributed by atoms with E-state index in [-0.39, 0.29) is 29.6 Å². The fraction of sp³-hybridized carbons (Fsp3) is 0.167. The molecule has 3 rings (SSSR count). The summed E-state index contributed by atoms with van der Waals surface area (Å²) >= 11 is 0. The summed E-state index contributed by atoms with van der Waals surface area (Å²) in [5.74, 6) is -0.257. The summed E-state index contributed by atoms with van der Waals surface area (Å²) in [6.45, 7) is -0.518. The standard InChI is InChI=1S/C24H22F2N2O4/c1-2-31-21-15-17(8-12-20(21)32-24(25)26)9-13-22(29)27-19-10-6-18(7-11-19)16-28-14-4-3-5-23(28)30/h3-15,24H,2,16H2,1H3,(H,27,29). The molecule has 0 aliphatic heterocycles. The van der Waals surface area contributed by atoms with Crippen molar-refractivity contribution in [1.29, 1.82) is 0 Å². The highest BCUT2D eigenvalue weighted by Crippen LogP contribution is 2.30. The maximum atomic E-state index is 12.5. The van der Waals surface area contributed by atoms with Crippen LogP contribution < -0.4 is 20.3 Å². The van der Waals surface area contributed by atoms with Crippen LogP contribution in [0.5, 0.6) is 11.5 Å². The maximum Gasteiger partial charge on any atom is 0.387 e. The average molecular weight is 440 g/mol. The van der Waals surface area contributed by atoms with E-state index in [1.165, 1.54) is 24.3 Å². The van der Waals surface area contributed by atoms with Crippen LogP contribution in [-0.4, -0.2) is 23.7 Å². The van der Waals surface area contributed by atoms with Gasteiger partial charge in [0, 0.05) is 24.0 Å². The highest BCUT2D eigenvalue weighted by molar-refractivity contribution is 6.01. The molecule has 2 aromatic carbocycles. The van der Waals surface area contributed by atoms with Crippen LogP contribution in [0.25, 0.3) is 6.08 Å². The predicted molar refractivity (Wildman–Crippen MR) is 118 cm³/mol. The highest BCUT2D eigenvalue weighted by Gasteiger charge is 2.11. The van der Waals surface area contributed by atoms with Gasteiger partial charge in [-0.05, 0) is 54.5 Å². The minimum absolute atomic E-state index is 0.0682. The van der Waals surface area contributed by atoms with E-state index in [0.29, 0.717) is 17.8 Å². The quantitative estimate of drug-likeness (QED) is 0.496. The van der Waals surface area contributed by atoms with E-state index in [0.717, 1.165) is 5.56 Å². The predicted octanol–water partition coefficient (Wildman–Crippen LogP) is 4.55. The first-order chi connectivity index (χ1) is 15.4. The molecule has 3 aromatic rings. The molecule has 0 aliphatic carbocycles. The zero-order valence-electron chi connectivity index (χ0n) is 17.3. The number of ether oxygens (including phenoxy) is 2. The first-order valence-electron chi connectivity index (χ1n) is 9.89. The molecule has 0 spiro atoms. The number of alkyl halides is 2. The molecule has 1 heterocycles. The van der Waals surface area contributed by atoms with Crippen molar-refractivity contribution in [2.75, 3.05) is 11.9 Å². The van der Waals surface area contributed by atoms with Crippen LogP contribution in [0.15, 0.2) is 77.7 Å². The molecule has 166 valence electrons. The molecule has 0 saturated heterocycles. The third kappa shape index (κ3) is 6.53. The van der Waals surface area contributed by atoms with Crippen LogP contribution in [0.4, 0.5) is 14.5 Å². The number of pyridine rings is 1. The van der Waals surface area contributed by atoms with Gasteiger partial charge in [0.05, 0.1) is 13.2 Å². The minimum atomic E-state index is -2.96. The van der Waals surface area contributed by atoms with E-state index < -0.39 is 6.61 Å². The van der Waals surface area contributed by atoms with Gasteiger partial charge in [0.2, 0.25) is 5.91 Å². The Bertz CT molecular complexity index is 1140. The number of rotatable bonds is 9.